The number of nitrogens with one attached hydrogen (secondary N) is 1. The van der Waals surface area contributed by atoms with Crippen LogP contribution in [0.5, 0.6) is 0 Å². The van der Waals surface area contributed by atoms with E-state index in [1.165, 1.54) is 0 Å². The average molecular weight is 320 g/mol. The molecule has 0 aliphatic carbocycles. The van der Waals surface area contributed by atoms with Crippen molar-refractivity contribution in [3.8, 4) is 0 Å². The maximum Gasteiger partial charge on any atom is 0.408 e. The van der Waals surface area contributed by atoms with Gasteiger partial charge >= 0.3 is 12.1 Å². The number of aliphatic carboxylic acids is 1. The molecule has 1 aliphatic rings. The highest BCUT2D eigenvalue weighted by Crippen LogP contribution is 2.24. The summed E-state index contributed by atoms with van der Waals surface area (Å²) in [5.41, 5.74) is -0.839. The standard InChI is InChI=1S/C17H24N2O4/c1-16(2,3)23-15(22)18-17(14(20)21)9-10-19(12-17)11-13-7-5-4-6-8-13/h4-8H,9-12H2,1-3H3,(H,18,22)(H,20,21)/t17-/m1/s1. The normalized spacial score (nSPS) is 21.9. The van der Waals surface area contributed by atoms with Crippen LogP contribution in [0.15, 0.2) is 30.3 Å². The molecule has 1 amide bonds. The van der Waals surface area contributed by atoms with Gasteiger partial charge in [-0.1, -0.05) is 30.3 Å². The largest absolute Gasteiger partial charge is 0.479 e. The first-order valence-electron chi connectivity index (χ1n) is 7.71. The minimum Gasteiger partial charge on any atom is -0.479 e. The third kappa shape index (κ3) is 4.69. The molecule has 1 fully saturated rings. The van der Waals surface area contributed by atoms with Gasteiger partial charge < -0.3 is 15.2 Å². The molecule has 0 aromatic heterocycles. The van der Waals surface area contributed by atoms with Gasteiger partial charge in [-0.25, -0.2) is 9.59 Å². The van der Waals surface area contributed by atoms with E-state index in [1.807, 2.05) is 35.2 Å². The van der Waals surface area contributed by atoms with E-state index < -0.39 is 23.2 Å². The second kappa shape index (κ2) is 6.58. The van der Waals surface area contributed by atoms with Crippen LogP contribution in [0.3, 0.4) is 0 Å². The first-order valence-corrected chi connectivity index (χ1v) is 7.71. The summed E-state index contributed by atoms with van der Waals surface area (Å²) < 4.78 is 5.20. The number of rotatable bonds is 4. The van der Waals surface area contributed by atoms with Gasteiger partial charge in [-0.2, -0.15) is 0 Å². The molecular formula is C17H24N2O4. The number of likely N-dealkylation sites (tertiary alicyclic amines) is 1. The quantitative estimate of drug-likeness (QED) is 0.889. The number of carboxylic acids is 1. The van der Waals surface area contributed by atoms with Crippen LogP contribution in [-0.4, -0.2) is 46.3 Å². The molecule has 1 aromatic rings. The van der Waals surface area contributed by atoms with Gasteiger partial charge in [-0.3, -0.25) is 4.90 Å². The Bertz CT molecular complexity index is 568. The lowest BCUT2D eigenvalue weighted by atomic mass is 9.99. The number of hydrogen-bond acceptors (Lipinski definition) is 4. The highest BCUT2D eigenvalue weighted by molar-refractivity contribution is 5.85. The number of hydrogen-bond donors (Lipinski definition) is 2. The molecule has 23 heavy (non-hydrogen) atoms. The molecule has 1 aliphatic heterocycles. The molecule has 1 aromatic carbocycles. The van der Waals surface area contributed by atoms with Gasteiger partial charge in [0.15, 0.2) is 5.54 Å². The van der Waals surface area contributed by atoms with Gasteiger partial charge in [-0.05, 0) is 32.8 Å². The summed E-state index contributed by atoms with van der Waals surface area (Å²) in [6.45, 7) is 6.77. The van der Waals surface area contributed by atoms with E-state index in [4.69, 9.17) is 4.74 Å². The number of carbonyl (C=O) groups excluding carboxylic acids is 1. The molecule has 2 rings (SSSR count). The summed E-state index contributed by atoms with van der Waals surface area (Å²) in [5, 5.41) is 12.2. The minimum atomic E-state index is -1.29. The molecule has 1 atom stereocenters. The number of benzene rings is 1. The van der Waals surface area contributed by atoms with Gasteiger partial charge in [-0.15, -0.1) is 0 Å². The highest BCUT2D eigenvalue weighted by atomic mass is 16.6. The topological polar surface area (TPSA) is 78.9 Å². The lowest BCUT2D eigenvalue weighted by Crippen LogP contribution is -2.57. The Balaban J connectivity index is 2.02. The van der Waals surface area contributed by atoms with Crippen molar-refractivity contribution >= 4 is 12.1 Å². The van der Waals surface area contributed by atoms with Crippen LogP contribution in [0.25, 0.3) is 0 Å². The third-order valence-electron chi connectivity index (χ3n) is 3.75. The van der Waals surface area contributed by atoms with E-state index in [-0.39, 0.29) is 6.54 Å². The number of amides is 1. The maximum atomic E-state index is 12.0. The zero-order valence-electron chi connectivity index (χ0n) is 13.8. The molecule has 6 nitrogen and oxygen atoms in total. The van der Waals surface area contributed by atoms with Crippen molar-refractivity contribution in [1.29, 1.82) is 0 Å². The Morgan fingerprint density at radius 1 is 1.30 bits per heavy atom. The van der Waals surface area contributed by atoms with Crippen molar-refractivity contribution in [1.82, 2.24) is 10.2 Å². The highest BCUT2D eigenvalue weighted by Gasteiger charge is 2.46. The maximum absolute atomic E-state index is 12.0. The Morgan fingerprint density at radius 2 is 1.96 bits per heavy atom. The molecular weight excluding hydrogens is 296 g/mol. The predicted molar refractivity (Wildman–Crippen MR) is 86.1 cm³/mol. The van der Waals surface area contributed by atoms with Crippen molar-refractivity contribution < 1.29 is 19.4 Å². The monoisotopic (exact) mass is 320 g/mol. The molecule has 1 heterocycles. The van der Waals surface area contributed by atoms with Crippen LogP contribution in [0.4, 0.5) is 4.79 Å². The fourth-order valence-electron chi connectivity index (χ4n) is 2.69. The van der Waals surface area contributed by atoms with Crippen molar-refractivity contribution in [3.05, 3.63) is 35.9 Å². The van der Waals surface area contributed by atoms with Gasteiger partial charge in [0, 0.05) is 19.6 Å². The number of alkyl carbamates (subject to hydrolysis) is 1. The molecule has 0 spiro atoms. The fourth-order valence-corrected chi connectivity index (χ4v) is 2.69. The molecule has 6 heteroatoms. The van der Waals surface area contributed by atoms with Crippen LogP contribution < -0.4 is 5.32 Å². The third-order valence-corrected chi connectivity index (χ3v) is 3.75. The Hall–Kier alpha value is -2.08. The van der Waals surface area contributed by atoms with Crippen LogP contribution in [0.1, 0.15) is 32.8 Å². The van der Waals surface area contributed by atoms with E-state index in [0.29, 0.717) is 19.5 Å². The first kappa shape index (κ1) is 17.3. The molecule has 126 valence electrons. The zero-order valence-corrected chi connectivity index (χ0v) is 13.8. The van der Waals surface area contributed by atoms with E-state index in [0.717, 1.165) is 5.56 Å². The van der Waals surface area contributed by atoms with Gasteiger partial charge in [0.2, 0.25) is 0 Å². The zero-order chi connectivity index (χ0) is 17.1. The summed E-state index contributed by atoms with van der Waals surface area (Å²) in [6, 6.07) is 9.85. The molecule has 0 saturated carbocycles. The van der Waals surface area contributed by atoms with Crippen LogP contribution in [-0.2, 0) is 16.1 Å². The van der Waals surface area contributed by atoms with E-state index in [2.05, 4.69) is 5.32 Å². The number of nitrogens with zero attached hydrogens (tertiary/aromatic N) is 1. The fraction of sp³-hybridized carbons (Fsp3) is 0.529. The van der Waals surface area contributed by atoms with E-state index >= 15 is 0 Å². The van der Waals surface area contributed by atoms with E-state index in [9.17, 15) is 14.7 Å². The van der Waals surface area contributed by atoms with Crippen LogP contribution in [0.2, 0.25) is 0 Å². The predicted octanol–water partition coefficient (Wildman–Crippen LogP) is 2.24. The first-order chi connectivity index (χ1) is 10.7. The summed E-state index contributed by atoms with van der Waals surface area (Å²) in [6.07, 6.45) is -0.338. The summed E-state index contributed by atoms with van der Waals surface area (Å²) in [7, 11) is 0. The molecule has 1 saturated heterocycles. The van der Waals surface area contributed by atoms with Crippen LogP contribution >= 0.6 is 0 Å². The summed E-state index contributed by atoms with van der Waals surface area (Å²) in [4.78, 5) is 25.7. The number of carboxylic acid groups (broad SMARTS) is 1. The minimum absolute atomic E-state index is 0.260. The van der Waals surface area contributed by atoms with Gasteiger partial charge in [0.05, 0.1) is 0 Å². The lowest BCUT2D eigenvalue weighted by Gasteiger charge is -2.28. The molecule has 0 bridgehead atoms. The average Bonchev–Trinajstić information content (AvgIpc) is 2.82. The van der Waals surface area contributed by atoms with Crippen molar-refractivity contribution in [2.24, 2.45) is 0 Å². The summed E-state index contributed by atoms with van der Waals surface area (Å²) >= 11 is 0. The Morgan fingerprint density at radius 3 is 2.52 bits per heavy atom. The SMILES string of the molecule is CC(C)(C)OC(=O)N[C@]1(C(=O)O)CCN(Cc2ccccc2)C1. The van der Waals surface area contributed by atoms with Crippen molar-refractivity contribution in [2.45, 2.75) is 44.9 Å². The summed E-state index contributed by atoms with van der Waals surface area (Å²) in [5.74, 6) is -1.03. The molecule has 0 radical (unpaired) electrons. The number of carbonyl (C=O) groups is 2. The molecule has 0 unspecified atom stereocenters. The Kier molecular flexibility index (Phi) is 4.94. The smallest absolute Gasteiger partial charge is 0.408 e. The number of ether oxygens (including phenoxy) is 1. The second-order valence-electron chi connectivity index (χ2n) is 6.96. The molecule has 2 N–H and O–H groups in total. The van der Waals surface area contributed by atoms with Crippen molar-refractivity contribution in [3.63, 3.8) is 0 Å². The van der Waals surface area contributed by atoms with Crippen molar-refractivity contribution in [2.75, 3.05) is 13.1 Å². The lowest BCUT2D eigenvalue weighted by molar-refractivity contribution is -0.144. The van der Waals surface area contributed by atoms with E-state index in [1.54, 1.807) is 20.8 Å². The Labute approximate surface area is 136 Å². The van der Waals surface area contributed by atoms with Crippen LogP contribution in [0, 0.1) is 0 Å². The van der Waals surface area contributed by atoms with Gasteiger partial charge in [0.1, 0.15) is 5.60 Å². The second-order valence-corrected chi connectivity index (χ2v) is 6.96. The van der Waals surface area contributed by atoms with Gasteiger partial charge in [0.25, 0.3) is 0 Å².